The molecule has 1 heterocycles. The van der Waals surface area contributed by atoms with Crippen molar-refractivity contribution in [3.05, 3.63) is 76.7 Å². The van der Waals surface area contributed by atoms with Crippen molar-refractivity contribution in [3.63, 3.8) is 0 Å². The second kappa shape index (κ2) is 6.43. The average Bonchev–Trinajstić information content (AvgIpc) is 2.59. The van der Waals surface area contributed by atoms with Crippen LogP contribution in [0.1, 0.15) is 10.5 Å². The molecule has 0 spiro atoms. The Morgan fingerprint density at radius 3 is 2.32 bits per heavy atom. The predicted octanol–water partition coefficient (Wildman–Crippen LogP) is 3.28. The molecule has 0 radical (unpaired) electrons. The van der Waals surface area contributed by atoms with Crippen molar-refractivity contribution in [2.24, 2.45) is 0 Å². The molecule has 0 saturated carbocycles. The Balaban J connectivity index is 2.19. The molecule has 128 valence electrons. The third kappa shape index (κ3) is 3.55. The number of benzene rings is 2. The largest absolute Gasteiger partial charge is 0.405 e. The van der Waals surface area contributed by atoms with Gasteiger partial charge < -0.3 is 5.32 Å². The predicted molar refractivity (Wildman–Crippen MR) is 87.9 cm³/mol. The van der Waals surface area contributed by atoms with Gasteiger partial charge in [-0.2, -0.15) is 13.2 Å². The van der Waals surface area contributed by atoms with Crippen LogP contribution in [0.15, 0.2) is 65.5 Å². The zero-order valence-corrected chi connectivity index (χ0v) is 12.9. The number of carbonyl (C=O) groups is 1. The Hall–Kier alpha value is -3.09. The molecule has 1 N–H and O–H groups in total. The molecule has 0 fully saturated rings. The molecule has 0 unspecified atom stereocenters. The first-order valence-corrected chi connectivity index (χ1v) is 7.42. The van der Waals surface area contributed by atoms with Crippen LogP contribution < -0.4 is 10.9 Å². The van der Waals surface area contributed by atoms with Crippen LogP contribution in [0, 0.1) is 0 Å². The van der Waals surface area contributed by atoms with E-state index < -0.39 is 24.2 Å². The molecule has 2 aromatic carbocycles. The number of aromatic nitrogens is 1. The van der Waals surface area contributed by atoms with Crippen molar-refractivity contribution < 1.29 is 18.0 Å². The summed E-state index contributed by atoms with van der Waals surface area (Å²) in [7, 11) is 0. The van der Waals surface area contributed by atoms with E-state index in [2.05, 4.69) is 0 Å². The number of halogens is 3. The number of alkyl halides is 3. The molecule has 25 heavy (non-hydrogen) atoms. The van der Waals surface area contributed by atoms with Gasteiger partial charge in [-0.3, -0.25) is 14.2 Å². The summed E-state index contributed by atoms with van der Waals surface area (Å²) in [6, 6.07) is 16.3. The van der Waals surface area contributed by atoms with Crippen molar-refractivity contribution in [1.29, 1.82) is 0 Å². The number of fused-ring (bicyclic) bond motifs is 1. The summed E-state index contributed by atoms with van der Waals surface area (Å²) < 4.78 is 38.3. The van der Waals surface area contributed by atoms with Crippen molar-refractivity contribution >= 4 is 16.7 Å². The van der Waals surface area contributed by atoms with E-state index >= 15 is 0 Å². The SMILES string of the molecule is O=C(NCC(F)(F)F)c1cc2ccccc2c(=O)n1-c1ccccc1. The minimum Gasteiger partial charge on any atom is -0.342 e. The quantitative estimate of drug-likeness (QED) is 0.791. The van der Waals surface area contributed by atoms with Gasteiger partial charge in [0, 0.05) is 11.1 Å². The summed E-state index contributed by atoms with van der Waals surface area (Å²) in [6.45, 7) is -1.47. The minimum atomic E-state index is -4.54. The number of para-hydroxylation sites is 1. The van der Waals surface area contributed by atoms with Gasteiger partial charge in [-0.1, -0.05) is 36.4 Å². The maximum Gasteiger partial charge on any atom is 0.405 e. The molecule has 1 amide bonds. The van der Waals surface area contributed by atoms with E-state index in [4.69, 9.17) is 0 Å². The number of hydrogen-bond acceptors (Lipinski definition) is 2. The second-order valence-corrected chi connectivity index (χ2v) is 5.39. The van der Waals surface area contributed by atoms with Gasteiger partial charge in [0.25, 0.3) is 11.5 Å². The number of carbonyl (C=O) groups excluding carboxylic acids is 1. The molecule has 3 rings (SSSR count). The van der Waals surface area contributed by atoms with Crippen LogP contribution in [0.2, 0.25) is 0 Å². The minimum absolute atomic E-state index is 0.154. The lowest BCUT2D eigenvalue weighted by Crippen LogP contribution is -2.37. The number of pyridine rings is 1. The molecule has 0 bridgehead atoms. The lowest BCUT2D eigenvalue weighted by Gasteiger charge is -2.15. The summed E-state index contributed by atoms with van der Waals surface area (Å²) in [5, 5.41) is 2.67. The Kier molecular flexibility index (Phi) is 4.31. The van der Waals surface area contributed by atoms with Crippen molar-refractivity contribution in [2.75, 3.05) is 6.54 Å². The fourth-order valence-electron chi connectivity index (χ4n) is 2.53. The van der Waals surface area contributed by atoms with E-state index in [9.17, 15) is 22.8 Å². The normalized spacial score (nSPS) is 11.5. The molecule has 0 aliphatic rings. The van der Waals surface area contributed by atoms with Gasteiger partial charge in [0.15, 0.2) is 0 Å². The Bertz CT molecular complexity index is 979. The van der Waals surface area contributed by atoms with Crippen LogP contribution in [0.3, 0.4) is 0 Å². The average molecular weight is 346 g/mol. The molecular formula is C18H13F3N2O2. The van der Waals surface area contributed by atoms with Crippen molar-refractivity contribution in [3.8, 4) is 5.69 Å². The van der Waals surface area contributed by atoms with Gasteiger partial charge in [0.1, 0.15) is 12.2 Å². The lowest BCUT2D eigenvalue weighted by atomic mass is 10.1. The van der Waals surface area contributed by atoms with Crippen LogP contribution >= 0.6 is 0 Å². The smallest absolute Gasteiger partial charge is 0.342 e. The molecule has 1 aromatic heterocycles. The molecule has 3 aromatic rings. The van der Waals surface area contributed by atoms with Crippen LogP contribution in [0.4, 0.5) is 13.2 Å². The van der Waals surface area contributed by atoms with Gasteiger partial charge in [0.05, 0.1) is 0 Å². The van der Waals surface area contributed by atoms with E-state index in [0.29, 0.717) is 16.5 Å². The highest BCUT2D eigenvalue weighted by Crippen LogP contribution is 2.17. The fraction of sp³-hybridized carbons (Fsp3) is 0.111. The zero-order chi connectivity index (χ0) is 18.0. The Morgan fingerprint density at radius 2 is 1.64 bits per heavy atom. The lowest BCUT2D eigenvalue weighted by molar-refractivity contribution is -0.123. The highest BCUT2D eigenvalue weighted by Gasteiger charge is 2.28. The number of hydrogen-bond donors (Lipinski definition) is 1. The fourth-order valence-corrected chi connectivity index (χ4v) is 2.53. The summed E-state index contributed by atoms with van der Waals surface area (Å²) >= 11 is 0. The number of nitrogens with zero attached hydrogens (tertiary/aromatic N) is 1. The molecule has 4 nitrogen and oxygen atoms in total. The monoisotopic (exact) mass is 346 g/mol. The van der Waals surface area contributed by atoms with Crippen LogP contribution in [0.25, 0.3) is 16.5 Å². The van der Waals surface area contributed by atoms with E-state index in [1.807, 2.05) is 5.32 Å². The van der Waals surface area contributed by atoms with Crippen molar-refractivity contribution in [2.45, 2.75) is 6.18 Å². The molecule has 0 atom stereocenters. The first-order chi connectivity index (χ1) is 11.9. The summed E-state index contributed by atoms with van der Waals surface area (Å²) in [4.78, 5) is 25.1. The van der Waals surface area contributed by atoms with Crippen molar-refractivity contribution in [1.82, 2.24) is 9.88 Å². The summed E-state index contributed by atoms with van der Waals surface area (Å²) in [5.41, 5.74) is -0.226. The molecule has 0 aliphatic carbocycles. The second-order valence-electron chi connectivity index (χ2n) is 5.39. The first-order valence-electron chi connectivity index (χ1n) is 7.42. The number of amides is 1. The highest BCUT2D eigenvalue weighted by atomic mass is 19.4. The third-order valence-electron chi connectivity index (χ3n) is 3.62. The maximum absolute atomic E-state index is 12.8. The van der Waals surface area contributed by atoms with Crippen LogP contribution in [0.5, 0.6) is 0 Å². The zero-order valence-electron chi connectivity index (χ0n) is 12.9. The van der Waals surface area contributed by atoms with E-state index in [0.717, 1.165) is 4.57 Å². The number of rotatable bonds is 3. The Morgan fingerprint density at radius 1 is 1.00 bits per heavy atom. The molecular weight excluding hydrogens is 333 g/mol. The van der Waals surface area contributed by atoms with Gasteiger partial charge in [-0.05, 0) is 29.7 Å². The molecule has 0 aliphatic heterocycles. The first kappa shape index (κ1) is 16.8. The summed E-state index contributed by atoms with van der Waals surface area (Å²) in [6.07, 6.45) is -4.54. The van der Waals surface area contributed by atoms with Gasteiger partial charge in [-0.15, -0.1) is 0 Å². The number of nitrogens with one attached hydrogen (secondary N) is 1. The van der Waals surface area contributed by atoms with E-state index in [1.165, 1.54) is 6.07 Å². The van der Waals surface area contributed by atoms with Crippen LogP contribution in [-0.2, 0) is 0 Å². The third-order valence-corrected chi connectivity index (χ3v) is 3.62. The topological polar surface area (TPSA) is 51.1 Å². The van der Waals surface area contributed by atoms with Gasteiger partial charge >= 0.3 is 6.18 Å². The Labute approximate surface area is 140 Å². The summed E-state index contributed by atoms with van der Waals surface area (Å²) in [5.74, 6) is -0.968. The van der Waals surface area contributed by atoms with E-state index in [-0.39, 0.29) is 5.69 Å². The van der Waals surface area contributed by atoms with Crippen LogP contribution in [-0.4, -0.2) is 23.2 Å². The molecule has 0 saturated heterocycles. The maximum atomic E-state index is 12.8. The van der Waals surface area contributed by atoms with Gasteiger partial charge in [0.2, 0.25) is 0 Å². The molecule has 7 heteroatoms. The standard InChI is InChI=1S/C18H13F3N2O2/c19-18(20,21)11-22-16(24)15-10-12-6-4-5-9-14(12)17(25)23(15)13-7-2-1-3-8-13/h1-10H,11H2,(H,22,24). The van der Waals surface area contributed by atoms with Gasteiger partial charge in [-0.25, -0.2) is 0 Å². The highest BCUT2D eigenvalue weighted by molar-refractivity contribution is 5.97. The van der Waals surface area contributed by atoms with E-state index in [1.54, 1.807) is 54.6 Å².